The molecule has 1 aromatic carbocycles. The normalized spacial score (nSPS) is 10.6. The Morgan fingerprint density at radius 1 is 1.50 bits per heavy atom. The molecule has 0 unspecified atom stereocenters. The van der Waals surface area contributed by atoms with Gasteiger partial charge in [0.1, 0.15) is 5.75 Å². The molecule has 5 nitrogen and oxygen atoms in total. The van der Waals surface area contributed by atoms with Crippen molar-refractivity contribution in [1.29, 1.82) is 5.26 Å². The van der Waals surface area contributed by atoms with E-state index in [1.807, 2.05) is 26.8 Å². The quantitative estimate of drug-likeness (QED) is 0.791. The number of hydrogen-bond donors (Lipinski definition) is 2. The SMILES string of the molecule is CC(C)(C)NC(=O)COc1ccc(C#N)cc1N. The van der Waals surface area contributed by atoms with E-state index in [4.69, 9.17) is 15.7 Å². The van der Waals surface area contributed by atoms with Gasteiger partial charge in [0.05, 0.1) is 17.3 Å². The van der Waals surface area contributed by atoms with Crippen LogP contribution in [0.4, 0.5) is 5.69 Å². The van der Waals surface area contributed by atoms with Crippen molar-refractivity contribution in [1.82, 2.24) is 5.32 Å². The molecule has 96 valence electrons. The van der Waals surface area contributed by atoms with Crippen molar-refractivity contribution in [3.63, 3.8) is 0 Å². The minimum Gasteiger partial charge on any atom is -0.482 e. The molecule has 0 aliphatic carbocycles. The highest BCUT2D eigenvalue weighted by Gasteiger charge is 2.14. The number of benzene rings is 1. The van der Waals surface area contributed by atoms with E-state index in [0.29, 0.717) is 17.0 Å². The molecule has 0 aliphatic rings. The molecule has 3 N–H and O–H groups in total. The predicted octanol–water partition coefficient (Wildman–Crippen LogP) is 1.43. The van der Waals surface area contributed by atoms with Crippen LogP contribution in [-0.4, -0.2) is 18.1 Å². The van der Waals surface area contributed by atoms with Gasteiger partial charge in [-0.1, -0.05) is 0 Å². The summed E-state index contributed by atoms with van der Waals surface area (Å²) >= 11 is 0. The van der Waals surface area contributed by atoms with Crippen LogP contribution >= 0.6 is 0 Å². The summed E-state index contributed by atoms with van der Waals surface area (Å²) in [5.41, 5.74) is 6.21. The molecule has 0 radical (unpaired) electrons. The van der Waals surface area contributed by atoms with Gasteiger partial charge in [0.15, 0.2) is 6.61 Å². The molecule has 0 bridgehead atoms. The van der Waals surface area contributed by atoms with Gasteiger partial charge in [-0.2, -0.15) is 5.26 Å². The lowest BCUT2D eigenvalue weighted by Crippen LogP contribution is -2.43. The van der Waals surface area contributed by atoms with Gasteiger partial charge >= 0.3 is 0 Å². The van der Waals surface area contributed by atoms with Crippen LogP contribution in [0.1, 0.15) is 26.3 Å². The second-order valence-electron chi connectivity index (χ2n) is 4.95. The highest BCUT2D eigenvalue weighted by Crippen LogP contribution is 2.21. The van der Waals surface area contributed by atoms with Gasteiger partial charge in [0.2, 0.25) is 0 Å². The molecule has 0 aromatic heterocycles. The molecule has 1 aromatic rings. The largest absolute Gasteiger partial charge is 0.482 e. The number of nitriles is 1. The van der Waals surface area contributed by atoms with E-state index in [9.17, 15) is 4.79 Å². The topological polar surface area (TPSA) is 88.1 Å². The molecule has 0 heterocycles. The summed E-state index contributed by atoms with van der Waals surface area (Å²) in [7, 11) is 0. The second kappa shape index (κ2) is 5.41. The first-order chi connectivity index (χ1) is 8.31. The molecular formula is C13H17N3O2. The Morgan fingerprint density at radius 2 is 2.17 bits per heavy atom. The van der Waals surface area contributed by atoms with E-state index in [1.165, 1.54) is 6.07 Å². The van der Waals surface area contributed by atoms with Gasteiger partial charge in [-0.15, -0.1) is 0 Å². The Bertz CT molecular complexity index is 484. The molecule has 18 heavy (non-hydrogen) atoms. The van der Waals surface area contributed by atoms with Crippen LogP contribution in [0, 0.1) is 11.3 Å². The highest BCUT2D eigenvalue weighted by atomic mass is 16.5. The first kappa shape index (κ1) is 13.8. The zero-order valence-electron chi connectivity index (χ0n) is 10.8. The van der Waals surface area contributed by atoms with E-state index in [1.54, 1.807) is 12.1 Å². The molecule has 1 rings (SSSR count). The molecule has 0 saturated heterocycles. The average Bonchev–Trinajstić information content (AvgIpc) is 2.25. The zero-order chi connectivity index (χ0) is 13.8. The molecule has 0 fully saturated rings. The number of nitrogen functional groups attached to an aromatic ring is 1. The number of anilines is 1. The lowest BCUT2D eigenvalue weighted by atomic mass is 10.1. The first-order valence-corrected chi connectivity index (χ1v) is 5.55. The molecular weight excluding hydrogens is 230 g/mol. The number of carbonyl (C=O) groups excluding carboxylic acids is 1. The Morgan fingerprint density at radius 3 is 2.67 bits per heavy atom. The lowest BCUT2D eigenvalue weighted by molar-refractivity contribution is -0.124. The number of amides is 1. The van der Waals surface area contributed by atoms with Gasteiger partial charge in [0.25, 0.3) is 5.91 Å². The van der Waals surface area contributed by atoms with Crippen LogP contribution in [0.3, 0.4) is 0 Å². The highest BCUT2D eigenvalue weighted by molar-refractivity contribution is 5.78. The minimum atomic E-state index is -0.295. The van der Waals surface area contributed by atoms with Crippen molar-refractivity contribution in [2.45, 2.75) is 26.3 Å². The number of hydrogen-bond acceptors (Lipinski definition) is 4. The number of rotatable bonds is 3. The lowest BCUT2D eigenvalue weighted by Gasteiger charge is -2.20. The number of nitrogens with one attached hydrogen (secondary N) is 1. The van der Waals surface area contributed by atoms with Crippen LogP contribution in [0.5, 0.6) is 5.75 Å². The third kappa shape index (κ3) is 4.34. The molecule has 0 aliphatic heterocycles. The fourth-order valence-corrected chi connectivity index (χ4v) is 1.35. The summed E-state index contributed by atoms with van der Waals surface area (Å²) in [6.45, 7) is 5.57. The summed E-state index contributed by atoms with van der Waals surface area (Å²) < 4.78 is 5.30. The van der Waals surface area contributed by atoms with Crippen molar-refractivity contribution in [3.8, 4) is 11.8 Å². The van der Waals surface area contributed by atoms with E-state index in [2.05, 4.69) is 5.32 Å². The summed E-state index contributed by atoms with van der Waals surface area (Å²) in [6, 6.07) is 6.66. The van der Waals surface area contributed by atoms with Gasteiger partial charge in [-0.25, -0.2) is 0 Å². The Labute approximate surface area is 107 Å². The number of nitrogens with zero attached hydrogens (tertiary/aromatic N) is 1. The maximum absolute atomic E-state index is 11.5. The second-order valence-corrected chi connectivity index (χ2v) is 4.95. The van der Waals surface area contributed by atoms with Crippen molar-refractivity contribution < 1.29 is 9.53 Å². The Balaban J connectivity index is 2.59. The van der Waals surface area contributed by atoms with Gasteiger partial charge < -0.3 is 15.8 Å². The fraction of sp³-hybridized carbons (Fsp3) is 0.385. The number of carbonyl (C=O) groups is 1. The smallest absolute Gasteiger partial charge is 0.258 e. The Kier molecular flexibility index (Phi) is 4.16. The van der Waals surface area contributed by atoms with Gasteiger partial charge in [-0.3, -0.25) is 4.79 Å². The fourth-order valence-electron chi connectivity index (χ4n) is 1.35. The standard InChI is InChI=1S/C13H17N3O2/c1-13(2,3)16-12(17)8-18-11-5-4-9(7-14)6-10(11)15/h4-6H,8,15H2,1-3H3,(H,16,17). The number of nitrogens with two attached hydrogens (primary N) is 1. The average molecular weight is 247 g/mol. The zero-order valence-corrected chi connectivity index (χ0v) is 10.8. The first-order valence-electron chi connectivity index (χ1n) is 5.55. The van der Waals surface area contributed by atoms with Crippen molar-refractivity contribution >= 4 is 11.6 Å². The summed E-state index contributed by atoms with van der Waals surface area (Å²) in [5, 5.41) is 11.5. The molecule has 0 atom stereocenters. The van der Waals surface area contributed by atoms with Crippen LogP contribution in [0.15, 0.2) is 18.2 Å². The van der Waals surface area contributed by atoms with Crippen LogP contribution in [0.25, 0.3) is 0 Å². The summed E-state index contributed by atoms with van der Waals surface area (Å²) in [6.07, 6.45) is 0. The third-order valence-electron chi connectivity index (χ3n) is 2.01. The molecule has 5 heteroatoms. The maximum atomic E-state index is 11.5. The molecule has 1 amide bonds. The van der Waals surface area contributed by atoms with Crippen LogP contribution < -0.4 is 15.8 Å². The van der Waals surface area contributed by atoms with E-state index in [-0.39, 0.29) is 18.1 Å². The maximum Gasteiger partial charge on any atom is 0.258 e. The van der Waals surface area contributed by atoms with Crippen LogP contribution in [-0.2, 0) is 4.79 Å². The molecule has 0 saturated carbocycles. The third-order valence-corrected chi connectivity index (χ3v) is 2.01. The van der Waals surface area contributed by atoms with Crippen molar-refractivity contribution in [2.24, 2.45) is 0 Å². The molecule has 0 spiro atoms. The minimum absolute atomic E-state index is 0.104. The van der Waals surface area contributed by atoms with E-state index >= 15 is 0 Å². The van der Waals surface area contributed by atoms with E-state index < -0.39 is 0 Å². The van der Waals surface area contributed by atoms with Gasteiger partial charge in [0, 0.05) is 5.54 Å². The predicted molar refractivity (Wildman–Crippen MR) is 69.0 cm³/mol. The van der Waals surface area contributed by atoms with Gasteiger partial charge in [-0.05, 0) is 39.0 Å². The Hall–Kier alpha value is -2.22. The summed E-state index contributed by atoms with van der Waals surface area (Å²) in [4.78, 5) is 11.5. The number of ether oxygens (including phenoxy) is 1. The van der Waals surface area contributed by atoms with Crippen LogP contribution in [0.2, 0.25) is 0 Å². The van der Waals surface area contributed by atoms with Crippen molar-refractivity contribution in [3.05, 3.63) is 23.8 Å². The summed E-state index contributed by atoms with van der Waals surface area (Å²) in [5.74, 6) is 0.185. The van der Waals surface area contributed by atoms with Crippen molar-refractivity contribution in [2.75, 3.05) is 12.3 Å². The monoisotopic (exact) mass is 247 g/mol. The van der Waals surface area contributed by atoms with E-state index in [0.717, 1.165) is 0 Å².